The van der Waals surface area contributed by atoms with Crippen LogP contribution in [0, 0.1) is 0 Å². The minimum absolute atomic E-state index is 0.620. The maximum atomic E-state index is 6.32. The number of fused-ring (bicyclic) bond motifs is 4. The predicted octanol–water partition coefficient (Wildman–Crippen LogP) is 6.45. The molecule has 4 aromatic carbocycles. The Morgan fingerprint density at radius 2 is 1.46 bits per heavy atom. The third kappa shape index (κ3) is 1.93. The van der Waals surface area contributed by atoms with Gasteiger partial charge in [-0.25, -0.2) is 4.98 Å². The van der Waals surface area contributed by atoms with Crippen LogP contribution in [0.15, 0.2) is 77.2 Å². The van der Waals surface area contributed by atoms with Gasteiger partial charge >= 0.3 is 0 Å². The Morgan fingerprint density at radius 1 is 0.708 bits per heavy atom. The van der Waals surface area contributed by atoms with E-state index in [9.17, 15) is 0 Å². The number of hydrogen-bond donors (Lipinski definition) is 0. The van der Waals surface area contributed by atoms with E-state index in [1.54, 1.807) is 0 Å². The quantitative estimate of drug-likeness (QED) is 0.353. The van der Waals surface area contributed by atoms with Crippen LogP contribution in [0.2, 0.25) is 5.02 Å². The summed E-state index contributed by atoms with van der Waals surface area (Å²) in [7, 11) is 0. The van der Waals surface area contributed by atoms with Crippen molar-refractivity contribution in [2.24, 2.45) is 0 Å². The molecule has 5 rings (SSSR count). The van der Waals surface area contributed by atoms with E-state index in [0.29, 0.717) is 5.89 Å². The third-order valence-electron chi connectivity index (χ3n) is 4.38. The SMILES string of the molecule is Clc1ccc(-c2nc3c(ccc4ccccc43)o2)c2ccccc12. The van der Waals surface area contributed by atoms with Crippen LogP contribution in [0.25, 0.3) is 44.1 Å². The second-order valence-electron chi connectivity index (χ2n) is 5.79. The normalized spacial score (nSPS) is 11.5. The van der Waals surface area contributed by atoms with E-state index >= 15 is 0 Å². The van der Waals surface area contributed by atoms with E-state index in [4.69, 9.17) is 21.0 Å². The molecule has 24 heavy (non-hydrogen) atoms. The highest BCUT2D eigenvalue weighted by molar-refractivity contribution is 6.36. The van der Waals surface area contributed by atoms with Crippen LogP contribution in [0.1, 0.15) is 0 Å². The molecule has 1 heterocycles. The predicted molar refractivity (Wildman–Crippen MR) is 99.5 cm³/mol. The van der Waals surface area contributed by atoms with Crippen LogP contribution >= 0.6 is 11.6 Å². The highest BCUT2D eigenvalue weighted by Crippen LogP contribution is 2.35. The third-order valence-corrected chi connectivity index (χ3v) is 4.71. The van der Waals surface area contributed by atoms with Crippen LogP contribution in [0.4, 0.5) is 0 Å². The number of oxazole rings is 1. The van der Waals surface area contributed by atoms with Gasteiger partial charge in [0.1, 0.15) is 5.52 Å². The molecule has 0 spiro atoms. The molecular weight excluding hydrogens is 318 g/mol. The standard InChI is InChI=1S/C21H12ClNO/c22-18-11-10-17(15-7-3-4-8-16(15)18)21-23-20-14-6-2-1-5-13(14)9-12-19(20)24-21/h1-12H. The Morgan fingerprint density at radius 3 is 2.33 bits per heavy atom. The summed E-state index contributed by atoms with van der Waals surface area (Å²) in [6.07, 6.45) is 0. The topological polar surface area (TPSA) is 26.0 Å². The van der Waals surface area contributed by atoms with Gasteiger partial charge in [-0.05, 0) is 29.0 Å². The molecule has 114 valence electrons. The minimum Gasteiger partial charge on any atom is -0.436 e. The summed E-state index contributed by atoms with van der Waals surface area (Å²) in [5.41, 5.74) is 2.64. The van der Waals surface area contributed by atoms with Crippen LogP contribution in [-0.2, 0) is 0 Å². The lowest BCUT2D eigenvalue weighted by molar-refractivity contribution is 0.620. The van der Waals surface area contributed by atoms with Crippen molar-refractivity contribution in [2.75, 3.05) is 0 Å². The molecule has 0 bridgehead atoms. The zero-order chi connectivity index (χ0) is 16.1. The molecule has 0 aliphatic rings. The maximum Gasteiger partial charge on any atom is 0.227 e. The molecule has 0 atom stereocenters. The van der Waals surface area contributed by atoms with Gasteiger partial charge in [0, 0.05) is 21.4 Å². The number of rotatable bonds is 1. The second-order valence-corrected chi connectivity index (χ2v) is 6.20. The molecule has 0 radical (unpaired) electrons. The number of benzene rings is 4. The van der Waals surface area contributed by atoms with Crippen molar-refractivity contribution in [3.05, 3.63) is 77.8 Å². The average molecular weight is 330 g/mol. The van der Waals surface area contributed by atoms with E-state index in [0.717, 1.165) is 43.2 Å². The lowest BCUT2D eigenvalue weighted by atomic mass is 10.0. The lowest BCUT2D eigenvalue weighted by Crippen LogP contribution is -1.82. The minimum atomic E-state index is 0.620. The summed E-state index contributed by atoms with van der Waals surface area (Å²) < 4.78 is 6.06. The first-order chi connectivity index (χ1) is 11.8. The molecule has 0 saturated carbocycles. The van der Waals surface area contributed by atoms with Gasteiger partial charge < -0.3 is 4.42 Å². The zero-order valence-electron chi connectivity index (χ0n) is 12.7. The first kappa shape index (κ1) is 13.6. The van der Waals surface area contributed by atoms with Gasteiger partial charge in [0.05, 0.1) is 0 Å². The molecule has 0 aliphatic heterocycles. The summed E-state index contributed by atoms with van der Waals surface area (Å²) in [6.45, 7) is 0. The van der Waals surface area contributed by atoms with E-state index in [1.807, 2.05) is 54.6 Å². The van der Waals surface area contributed by atoms with E-state index in [-0.39, 0.29) is 0 Å². The van der Waals surface area contributed by atoms with Crippen LogP contribution in [0.3, 0.4) is 0 Å². The maximum absolute atomic E-state index is 6.32. The number of nitrogens with zero attached hydrogens (tertiary/aromatic N) is 1. The Balaban J connectivity index is 1.84. The fraction of sp³-hybridized carbons (Fsp3) is 0. The van der Waals surface area contributed by atoms with E-state index in [1.165, 1.54) is 0 Å². The molecule has 0 saturated heterocycles. The van der Waals surface area contributed by atoms with Crippen molar-refractivity contribution >= 4 is 44.2 Å². The number of halogens is 1. The molecule has 3 heteroatoms. The van der Waals surface area contributed by atoms with Crippen molar-refractivity contribution in [3.63, 3.8) is 0 Å². The summed E-state index contributed by atoms with van der Waals surface area (Å²) in [6, 6.07) is 24.2. The molecule has 5 aromatic rings. The summed E-state index contributed by atoms with van der Waals surface area (Å²) in [5, 5.41) is 5.04. The molecule has 0 aliphatic carbocycles. The highest BCUT2D eigenvalue weighted by Gasteiger charge is 2.14. The number of aromatic nitrogens is 1. The summed E-state index contributed by atoms with van der Waals surface area (Å²) in [4.78, 5) is 4.78. The first-order valence-electron chi connectivity index (χ1n) is 7.77. The Hall–Kier alpha value is -2.84. The molecule has 0 fully saturated rings. The largest absolute Gasteiger partial charge is 0.436 e. The van der Waals surface area contributed by atoms with Gasteiger partial charge in [0.2, 0.25) is 5.89 Å². The Labute approximate surface area is 143 Å². The monoisotopic (exact) mass is 329 g/mol. The smallest absolute Gasteiger partial charge is 0.227 e. The van der Waals surface area contributed by atoms with Gasteiger partial charge in [0.25, 0.3) is 0 Å². The van der Waals surface area contributed by atoms with Gasteiger partial charge in [0.15, 0.2) is 5.58 Å². The van der Waals surface area contributed by atoms with Gasteiger partial charge in [-0.15, -0.1) is 0 Å². The van der Waals surface area contributed by atoms with Crippen LogP contribution < -0.4 is 0 Å². The van der Waals surface area contributed by atoms with Gasteiger partial charge in [-0.3, -0.25) is 0 Å². The van der Waals surface area contributed by atoms with Crippen LogP contribution in [0.5, 0.6) is 0 Å². The van der Waals surface area contributed by atoms with Crippen molar-refractivity contribution in [1.29, 1.82) is 0 Å². The van der Waals surface area contributed by atoms with Crippen LogP contribution in [-0.4, -0.2) is 4.98 Å². The van der Waals surface area contributed by atoms with Crippen molar-refractivity contribution in [2.45, 2.75) is 0 Å². The van der Waals surface area contributed by atoms with Gasteiger partial charge in [-0.1, -0.05) is 66.2 Å². The van der Waals surface area contributed by atoms with Crippen molar-refractivity contribution in [1.82, 2.24) is 4.98 Å². The number of hydrogen-bond acceptors (Lipinski definition) is 2. The van der Waals surface area contributed by atoms with Gasteiger partial charge in [-0.2, -0.15) is 0 Å². The molecular formula is C21H12ClNO. The molecule has 0 N–H and O–H groups in total. The second kappa shape index (κ2) is 5.08. The molecule has 0 amide bonds. The molecule has 1 aromatic heterocycles. The molecule has 2 nitrogen and oxygen atoms in total. The fourth-order valence-corrected chi connectivity index (χ4v) is 3.45. The lowest BCUT2D eigenvalue weighted by Gasteiger charge is -2.04. The Kier molecular flexibility index (Phi) is 2.88. The molecule has 0 unspecified atom stereocenters. The average Bonchev–Trinajstić information content (AvgIpc) is 3.07. The van der Waals surface area contributed by atoms with E-state index in [2.05, 4.69) is 18.2 Å². The van der Waals surface area contributed by atoms with Crippen molar-refractivity contribution in [3.8, 4) is 11.5 Å². The Bertz CT molecular complexity index is 1220. The van der Waals surface area contributed by atoms with E-state index < -0.39 is 0 Å². The van der Waals surface area contributed by atoms with Crippen molar-refractivity contribution < 1.29 is 4.42 Å². The highest BCUT2D eigenvalue weighted by atomic mass is 35.5. The zero-order valence-corrected chi connectivity index (χ0v) is 13.4. The summed E-state index contributed by atoms with van der Waals surface area (Å²) in [5.74, 6) is 0.620. The summed E-state index contributed by atoms with van der Waals surface area (Å²) >= 11 is 6.32. The fourth-order valence-electron chi connectivity index (χ4n) is 3.23. The first-order valence-corrected chi connectivity index (χ1v) is 8.15.